The summed E-state index contributed by atoms with van der Waals surface area (Å²) in [6, 6.07) is 5.72. The van der Waals surface area contributed by atoms with Crippen LogP contribution in [0.25, 0.3) is 22.6 Å². The molecule has 0 atom stereocenters. The number of fused-ring (bicyclic) bond motifs is 1. The summed E-state index contributed by atoms with van der Waals surface area (Å²) in [5.74, 6) is 0.919. The number of nitrogens with zero attached hydrogens (tertiary/aromatic N) is 5. The van der Waals surface area contributed by atoms with Gasteiger partial charge in [0.05, 0.1) is 24.0 Å². The van der Waals surface area contributed by atoms with Crippen molar-refractivity contribution in [1.29, 1.82) is 0 Å². The van der Waals surface area contributed by atoms with Crippen molar-refractivity contribution in [2.75, 3.05) is 0 Å². The zero-order valence-corrected chi connectivity index (χ0v) is 14.4. The molecule has 0 saturated heterocycles. The Balaban J connectivity index is 1.49. The Kier molecular flexibility index (Phi) is 3.52. The first-order valence-electron chi connectivity index (χ1n) is 8.83. The summed E-state index contributed by atoms with van der Waals surface area (Å²) in [5, 5.41) is 4.32. The zero-order valence-electron chi connectivity index (χ0n) is 14.4. The van der Waals surface area contributed by atoms with Crippen LogP contribution < -0.4 is 11.2 Å². The van der Waals surface area contributed by atoms with Gasteiger partial charge in [0.15, 0.2) is 5.65 Å². The van der Waals surface area contributed by atoms with E-state index < -0.39 is 5.69 Å². The normalized spacial score (nSPS) is 14.1. The second kappa shape index (κ2) is 6.04. The quantitative estimate of drug-likeness (QED) is 0.552. The molecular formula is C18H17N7O2. The standard InChI is InChI=1S/C18H17N7O2/c26-17-14-16(23-18(27)25(17)8-11-4-5-11)22-15(21-14)12-7-20-24(9-12)10-13-3-1-2-6-19-13/h1-3,6-7,9,11H,4-5,8,10H2,(H,21,22)(H,23,27). The van der Waals surface area contributed by atoms with Crippen LogP contribution in [-0.4, -0.2) is 34.3 Å². The summed E-state index contributed by atoms with van der Waals surface area (Å²) in [6.07, 6.45) is 7.36. The lowest BCUT2D eigenvalue weighted by atomic mass is 10.3. The smallest absolute Gasteiger partial charge is 0.330 e. The van der Waals surface area contributed by atoms with Crippen LogP contribution in [0.3, 0.4) is 0 Å². The predicted octanol–water partition coefficient (Wildman–Crippen LogP) is 1.13. The summed E-state index contributed by atoms with van der Waals surface area (Å²) in [5.41, 5.74) is 1.45. The van der Waals surface area contributed by atoms with Crippen LogP contribution in [-0.2, 0) is 13.1 Å². The Bertz CT molecular complexity index is 1230. The molecule has 1 fully saturated rings. The van der Waals surface area contributed by atoms with Crippen LogP contribution in [0, 0.1) is 5.92 Å². The van der Waals surface area contributed by atoms with Crippen molar-refractivity contribution in [2.24, 2.45) is 5.92 Å². The molecule has 4 aromatic heterocycles. The van der Waals surface area contributed by atoms with Gasteiger partial charge in [-0.25, -0.2) is 9.78 Å². The van der Waals surface area contributed by atoms with E-state index in [4.69, 9.17) is 0 Å². The van der Waals surface area contributed by atoms with Gasteiger partial charge in [-0.3, -0.25) is 24.0 Å². The van der Waals surface area contributed by atoms with Gasteiger partial charge in [-0.2, -0.15) is 5.10 Å². The SMILES string of the molecule is O=c1[nH]c2nc(-c3cnn(Cc4ccccn4)c3)[nH]c2c(=O)n1CC1CC1. The van der Waals surface area contributed by atoms with Gasteiger partial charge in [0.1, 0.15) is 11.3 Å². The minimum absolute atomic E-state index is 0.268. The van der Waals surface area contributed by atoms with E-state index in [0.717, 1.165) is 24.1 Å². The second-order valence-electron chi connectivity index (χ2n) is 6.85. The Morgan fingerprint density at radius 2 is 2.07 bits per heavy atom. The molecule has 0 radical (unpaired) electrons. The van der Waals surface area contributed by atoms with E-state index in [9.17, 15) is 9.59 Å². The third-order valence-corrected chi connectivity index (χ3v) is 4.73. The summed E-state index contributed by atoms with van der Waals surface area (Å²) < 4.78 is 3.01. The molecule has 1 aliphatic rings. The van der Waals surface area contributed by atoms with Crippen LogP contribution in [0.15, 0.2) is 46.4 Å². The van der Waals surface area contributed by atoms with E-state index in [1.807, 2.05) is 24.4 Å². The Hall–Kier alpha value is -3.49. The Morgan fingerprint density at radius 1 is 1.19 bits per heavy atom. The van der Waals surface area contributed by atoms with Crippen molar-refractivity contribution in [1.82, 2.24) is 34.3 Å². The summed E-state index contributed by atoms with van der Waals surface area (Å²) in [4.78, 5) is 39.2. The average Bonchev–Trinajstić information content (AvgIpc) is 3.20. The summed E-state index contributed by atoms with van der Waals surface area (Å²) in [7, 11) is 0. The largest absolute Gasteiger partial charge is 0.332 e. The van der Waals surface area contributed by atoms with Gasteiger partial charge in [0, 0.05) is 18.9 Å². The summed E-state index contributed by atoms with van der Waals surface area (Å²) in [6.45, 7) is 0.993. The monoisotopic (exact) mass is 363 g/mol. The van der Waals surface area contributed by atoms with Crippen molar-refractivity contribution in [3.8, 4) is 11.4 Å². The molecule has 9 nitrogen and oxygen atoms in total. The van der Waals surface area contributed by atoms with E-state index in [-0.39, 0.29) is 11.2 Å². The molecule has 4 aromatic rings. The molecule has 0 spiro atoms. The maximum Gasteiger partial charge on any atom is 0.330 e. The van der Waals surface area contributed by atoms with E-state index in [0.29, 0.717) is 30.3 Å². The second-order valence-corrected chi connectivity index (χ2v) is 6.85. The number of aromatic amines is 2. The molecule has 9 heteroatoms. The van der Waals surface area contributed by atoms with E-state index in [2.05, 4.69) is 25.0 Å². The number of aromatic nitrogens is 7. The van der Waals surface area contributed by atoms with Crippen LogP contribution in [0.4, 0.5) is 0 Å². The van der Waals surface area contributed by atoms with Gasteiger partial charge >= 0.3 is 5.69 Å². The van der Waals surface area contributed by atoms with Gasteiger partial charge in [-0.1, -0.05) is 6.07 Å². The highest BCUT2D eigenvalue weighted by atomic mass is 16.2. The lowest BCUT2D eigenvalue weighted by Gasteiger charge is -2.01. The molecule has 5 rings (SSSR count). The number of hydrogen-bond donors (Lipinski definition) is 2. The highest BCUT2D eigenvalue weighted by molar-refractivity contribution is 5.74. The van der Waals surface area contributed by atoms with E-state index in [1.54, 1.807) is 17.1 Å². The average molecular weight is 363 g/mol. The van der Waals surface area contributed by atoms with Crippen molar-refractivity contribution in [3.63, 3.8) is 0 Å². The fraction of sp³-hybridized carbons (Fsp3) is 0.278. The van der Waals surface area contributed by atoms with Gasteiger partial charge < -0.3 is 4.98 Å². The van der Waals surface area contributed by atoms with Crippen LogP contribution >= 0.6 is 0 Å². The third-order valence-electron chi connectivity index (χ3n) is 4.73. The third kappa shape index (κ3) is 2.97. The molecule has 4 heterocycles. The number of pyridine rings is 1. The van der Waals surface area contributed by atoms with E-state index >= 15 is 0 Å². The molecule has 0 bridgehead atoms. The first-order chi connectivity index (χ1) is 13.2. The molecule has 1 saturated carbocycles. The maximum absolute atomic E-state index is 12.6. The fourth-order valence-electron chi connectivity index (χ4n) is 3.11. The lowest BCUT2D eigenvalue weighted by molar-refractivity contribution is 0.580. The Labute approximate surface area is 152 Å². The van der Waals surface area contributed by atoms with Crippen LogP contribution in [0.5, 0.6) is 0 Å². The summed E-state index contributed by atoms with van der Waals surface area (Å²) >= 11 is 0. The molecule has 2 N–H and O–H groups in total. The molecule has 1 aliphatic carbocycles. The van der Waals surface area contributed by atoms with Crippen molar-refractivity contribution < 1.29 is 0 Å². The number of rotatable bonds is 5. The van der Waals surface area contributed by atoms with Gasteiger partial charge in [-0.05, 0) is 30.9 Å². The number of hydrogen-bond acceptors (Lipinski definition) is 5. The van der Waals surface area contributed by atoms with Gasteiger partial charge in [0.25, 0.3) is 5.56 Å². The number of imidazole rings is 1. The molecular weight excluding hydrogens is 346 g/mol. The van der Waals surface area contributed by atoms with Gasteiger partial charge in [0.2, 0.25) is 0 Å². The van der Waals surface area contributed by atoms with Crippen LogP contribution in [0.2, 0.25) is 0 Å². The number of H-pyrrole nitrogens is 2. The fourth-order valence-corrected chi connectivity index (χ4v) is 3.11. The Morgan fingerprint density at radius 3 is 2.85 bits per heavy atom. The first kappa shape index (κ1) is 15.7. The highest BCUT2D eigenvalue weighted by Gasteiger charge is 2.24. The first-order valence-corrected chi connectivity index (χ1v) is 8.83. The molecule has 0 aromatic carbocycles. The number of nitrogens with one attached hydrogen (secondary N) is 2. The predicted molar refractivity (Wildman–Crippen MR) is 98.3 cm³/mol. The van der Waals surface area contributed by atoms with E-state index in [1.165, 1.54) is 4.57 Å². The molecule has 136 valence electrons. The van der Waals surface area contributed by atoms with Crippen molar-refractivity contribution in [2.45, 2.75) is 25.9 Å². The molecule has 0 unspecified atom stereocenters. The zero-order chi connectivity index (χ0) is 18.4. The molecule has 0 amide bonds. The van der Waals surface area contributed by atoms with Crippen molar-refractivity contribution >= 4 is 11.2 Å². The molecule has 27 heavy (non-hydrogen) atoms. The topological polar surface area (TPSA) is 114 Å². The molecule has 0 aliphatic heterocycles. The van der Waals surface area contributed by atoms with Crippen LogP contribution in [0.1, 0.15) is 18.5 Å². The maximum atomic E-state index is 12.6. The minimum atomic E-state index is -0.414. The van der Waals surface area contributed by atoms with Crippen molar-refractivity contribution in [3.05, 3.63) is 63.3 Å². The van der Waals surface area contributed by atoms with Gasteiger partial charge in [-0.15, -0.1) is 0 Å². The minimum Gasteiger partial charge on any atom is -0.332 e. The lowest BCUT2D eigenvalue weighted by Crippen LogP contribution is -2.35. The highest BCUT2D eigenvalue weighted by Crippen LogP contribution is 2.29.